The number of benzene rings is 2. The van der Waals surface area contributed by atoms with Crippen LogP contribution in [0.4, 0.5) is 0 Å². The smallest absolute Gasteiger partial charge is 0.129 e. The summed E-state index contributed by atoms with van der Waals surface area (Å²) in [6.07, 6.45) is 4.86. The minimum absolute atomic E-state index is 0.0221. The van der Waals surface area contributed by atoms with Gasteiger partial charge in [-0.15, -0.1) is 5.54 Å². The summed E-state index contributed by atoms with van der Waals surface area (Å²) < 4.78 is 0. The van der Waals surface area contributed by atoms with Crippen LogP contribution in [0.1, 0.15) is 11.1 Å². The van der Waals surface area contributed by atoms with Crippen molar-refractivity contribution in [1.29, 1.82) is 0 Å². The van der Waals surface area contributed by atoms with Crippen LogP contribution in [0.3, 0.4) is 0 Å². The average molecular weight is 345 g/mol. The fraction of sp³-hybridized carbons (Fsp3) is 0.227. The molecule has 3 heteroatoms. The molecule has 0 bridgehead atoms. The van der Waals surface area contributed by atoms with Crippen molar-refractivity contribution in [3.05, 3.63) is 71.9 Å². The minimum Gasteiger partial charge on any atom is -0.361 e. The van der Waals surface area contributed by atoms with Crippen LogP contribution >= 0.6 is 0 Å². The lowest BCUT2D eigenvalue weighted by molar-refractivity contribution is 0.846. The van der Waals surface area contributed by atoms with Crippen LogP contribution in [0.2, 0.25) is 19.6 Å². The van der Waals surface area contributed by atoms with Gasteiger partial charge in [0.15, 0.2) is 0 Å². The molecule has 25 heavy (non-hydrogen) atoms. The molecule has 2 aromatic carbocycles. The molecule has 0 radical (unpaired) electrons. The number of aliphatic imine (C=N–C) groups is 1. The third kappa shape index (κ3) is 4.95. The molecular formula is C22H24N2Si. The molecule has 0 saturated heterocycles. The Kier molecular flexibility index (Phi) is 5.21. The van der Waals surface area contributed by atoms with Crippen molar-refractivity contribution in [2.45, 2.75) is 32.1 Å². The molecule has 3 aromatic rings. The van der Waals surface area contributed by atoms with Crippen LogP contribution in [0.15, 0.2) is 65.8 Å². The quantitative estimate of drug-likeness (QED) is 0.388. The average Bonchev–Trinajstić information content (AvgIpc) is 3.00. The summed E-state index contributed by atoms with van der Waals surface area (Å²) in [6, 6.07) is 18.6. The summed E-state index contributed by atoms with van der Waals surface area (Å²) in [5.41, 5.74) is 7.04. The summed E-state index contributed by atoms with van der Waals surface area (Å²) in [7, 11) is -1.43. The van der Waals surface area contributed by atoms with Gasteiger partial charge in [-0.2, -0.15) is 0 Å². The highest BCUT2D eigenvalue weighted by Crippen LogP contribution is 2.20. The van der Waals surface area contributed by atoms with Gasteiger partial charge >= 0.3 is 0 Å². The first-order chi connectivity index (χ1) is 12.0. The molecule has 0 saturated carbocycles. The molecular weight excluding hydrogens is 320 g/mol. The third-order valence-electron chi connectivity index (χ3n) is 3.91. The van der Waals surface area contributed by atoms with E-state index in [9.17, 15) is 0 Å². The first kappa shape index (κ1) is 17.3. The van der Waals surface area contributed by atoms with Gasteiger partial charge in [0.1, 0.15) is 14.1 Å². The van der Waals surface area contributed by atoms with E-state index in [1.54, 1.807) is 0 Å². The van der Waals surface area contributed by atoms with E-state index in [1.165, 1.54) is 16.5 Å². The number of nitrogens with one attached hydrogen (secondary N) is 1. The predicted molar refractivity (Wildman–Crippen MR) is 111 cm³/mol. The number of fused-ring (bicyclic) bond motifs is 1. The molecule has 1 aromatic heterocycles. The summed E-state index contributed by atoms with van der Waals surface area (Å²) in [6.45, 7) is 6.80. The standard InChI is InChI=1S/C22H24N2Si/c1-25(2,3)14-13-20(23-16-18-9-5-4-6-10-18)15-19-17-24-22-12-8-7-11-21(19)22/h4-12,16-17,20,24H,15H2,1-3H3. The van der Waals surface area contributed by atoms with Gasteiger partial charge in [-0.05, 0) is 17.2 Å². The van der Waals surface area contributed by atoms with Crippen molar-refractivity contribution in [1.82, 2.24) is 4.98 Å². The maximum absolute atomic E-state index is 4.79. The number of aromatic amines is 1. The molecule has 1 heterocycles. The lowest BCUT2D eigenvalue weighted by Gasteiger charge is -2.08. The number of hydrogen-bond donors (Lipinski definition) is 1. The van der Waals surface area contributed by atoms with Crippen LogP contribution < -0.4 is 0 Å². The van der Waals surface area contributed by atoms with Crippen molar-refractivity contribution in [2.75, 3.05) is 0 Å². The molecule has 0 fully saturated rings. The van der Waals surface area contributed by atoms with Crippen LogP contribution in [0.25, 0.3) is 10.9 Å². The molecule has 1 atom stereocenters. The van der Waals surface area contributed by atoms with Gasteiger partial charge in [0, 0.05) is 29.7 Å². The Morgan fingerprint density at radius 3 is 2.52 bits per heavy atom. The van der Waals surface area contributed by atoms with Gasteiger partial charge in [-0.1, -0.05) is 74.1 Å². The molecule has 0 spiro atoms. The van der Waals surface area contributed by atoms with Crippen molar-refractivity contribution >= 4 is 25.2 Å². The van der Waals surface area contributed by atoms with E-state index in [0.717, 1.165) is 12.0 Å². The topological polar surface area (TPSA) is 28.1 Å². The minimum atomic E-state index is -1.43. The second-order valence-corrected chi connectivity index (χ2v) is 12.0. The van der Waals surface area contributed by atoms with Gasteiger partial charge in [0.25, 0.3) is 0 Å². The number of hydrogen-bond acceptors (Lipinski definition) is 1. The molecule has 2 nitrogen and oxygen atoms in total. The van der Waals surface area contributed by atoms with Gasteiger partial charge in [0.05, 0.1) is 0 Å². The zero-order valence-corrected chi connectivity index (χ0v) is 16.1. The van der Waals surface area contributed by atoms with E-state index >= 15 is 0 Å². The van der Waals surface area contributed by atoms with Crippen LogP contribution in [-0.4, -0.2) is 25.3 Å². The second-order valence-electron chi connectivity index (χ2n) is 7.29. The van der Waals surface area contributed by atoms with Gasteiger partial charge < -0.3 is 4.98 Å². The molecule has 0 amide bonds. The maximum atomic E-state index is 4.79. The van der Waals surface area contributed by atoms with Crippen LogP contribution in [0, 0.1) is 11.5 Å². The summed E-state index contributed by atoms with van der Waals surface area (Å²) in [5, 5.41) is 1.26. The largest absolute Gasteiger partial charge is 0.361 e. The van der Waals surface area contributed by atoms with E-state index < -0.39 is 8.07 Å². The number of rotatable bonds is 4. The SMILES string of the molecule is C[Si](C)(C)C#CC(Cc1c[nH]c2ccccc12)N=Cc1ccccc1. The second kappa shape index (κ2) is 7.54. The normalized spacial score (nSPS) is 12.9. The zero-order valence-electron chi connectivity index (χ0n) is 15.1. The zero-order chi connectivity index (χ0) is 17.7. The van der Waals surface area contributed by atoms with Crippen LogP contribution in [0.5, 0.6) is 0 Å². The molecule has 1 unspecified atom stereocenters. The Hall–Kier alpha value is -2.57. The Morgan fingerprint density at radius 2 is 1.76 bits per heavy atom. The van der Waals surface area contributed by atoms with Crippen molar-refractivity contribution in [3.63, 3.8) is 0 Å². The predicted octanol–water partition coefficient (Wildman–Crippen LogP) is 5.08. The van der Waals surface area contributed by atoms with E-state index in [1.807, 2.05) is 24.4 Å². The lowest BCUT2D eigenvalue weighted by atomic mass is 10.1. The van der Waals surface area contributed by atoms with E-state index in [0.29, 0.717) is 0 Å². The Balaban J connectivity index is 1.88. The highest BCUT2D eigenvalue weighted by molar-refractivity contribution is 6.83. The monoisotopic (exact) mass is 344 g/mol. The van der Waals surface area contributed by atoms with Crippen molar-refractivity contribution in [2.24, 2.45) is 4.99 Å². The number of H-pyrrole nitrogens is 1. The number of nitrogens with zero attached hydrogens (tertiary/aromatic N) is 1. The number of aromatic nitrogens is 1. The summed E-state index contributed by atoms with van der Waals surface area (Å²) in [5.74, 6) is 3.43. The Labute approximate surface area is 151 Å². The molecule has 126 valence electrons. The van der Waals surface area contributed by atoms with E-state index in [4.69, 9.17) is 4.99 Å². The first-order valence-electron chi connectivity index (χ1n) is 8.67. The van der Waals surface area contributed by atoms with E-state index in [-0.39, 0.29) is 6.04 Å². The van der Waals surface area contributed by atoms with Gasteiger partial charge in [0.2, 0.25) is 0 Å². The third-order valence-corrected chi connectivity index (χ3v) is 4.80. The molecule has 0 aliphatic heterocycles. The fourth-order valence-electron chi connectivity index (χ4n) is 2.66. The maximum Gasteiger partial charge on any atom is 0.129 e. The van der Waals surface area contributed by atoms with Crippen molar-refractivity contribution < 1.29 is 0 Å². The Morgan fingerprint density at radius 1 is 1.04 bits per heavy atom. The van der Waals surface area contributed by atoms with E-state index in [2.05, 4.69) is 78.7 Å². The lowest BCUT2D eigenvalue weighted by Crippen LogP contribution is -2.18. The van der Waals surface area contributed by atoms with Crippen LogP contribution in [-0.2, 0) is 6.42 Å². The first-order valence-corrected chi connectivity index (χ1v) is 12.2. The summed E-state index contributed by atoms with van der Waals surface area (Å²) in [4.78, 5) is 8.14. The molecule has 0 aliphatic carbocycles. The Bertz CT molecular complexity index is 921. The van der Waals surface area contributed by atoms with Crippen molar-refractivity contribution in [3.8, 4) is 11.5 Å². The van der Waals surface area contributed by atoms with Gasteiger partial charge in [-0.25, -0.2) is 0 Å². The number of para-hydroxylation sites is 1. The molecule has 3 rings (SSSR count). The fourth-order valence-corrected chi connectivity index (χ4v) is 3.26. The summed E-state index contributed by atoms with van der Waals surface area (Å²) >= 11 is 0. The molecule has 1 N–H and O–H groups in total. The van der Waals surface area contributed by atoms with Gasteiger partial charge in [-0.3, -0.25) is 4.99 Å². The highest BCUT2D eigenvalue weighted by Gasteiger charge is 2.12. The highest BCUT2D eigenvalue weighted by atomic mass is 28.3. The molecule has 0 aliphatic rings.